The van der Waals surface area contributed by atoms with Gasteiger partial charge in [-0.15, -0.1) is 0 Å². The predicted octanol–water partition coefficient (Wildman–Crippen LogP) is 3.05. The van der Waals surface area contributed by atoms with E-state index in [4.69, 9.17) is 16.9 Å². The molecule has 176 valence electrons. The molecule has 3 aromatic carbocycles. The molecule has 8 heteroatoms. The number of fused-ring (bicyclic) bond motifs is 1. The Morgan fingerprint density at radius 1 is 1.06 bits per heavy atom. The average molecular weight is 461 g/mol. The van der Waals surface area contributed by atoms with Crippen molar-refractivity contribution in [3.8, 4) is 0 Å². The van der Waals surface area contributed by atoms with Crippen molar-refractivity contribution in [2.24, 2.45) is 11.5 Å². The van der Waals surface area contributed by atoms with Gasteiger partial charge in [0.15, 0.2) is 11.3 Å². The number of carboxylic acids is 1. The van der Waals surface area contributed by atoms with Crippen LogP contribution in [0, 0.1) is 5.41 Å². The van der Waals surface area contributed by atoms with Crippen LogP contribution in [0.25, 0.3) is 10.8 Å². The maximum Gasteiger partial charge on any atom is 0.336 e. The summed E-state index contributed by atoms with van der Waals surface area (Å²) in [6.07, 6.45) is 1.38. The summed E-state index contributed by atoms with van der Waals surface area (Å²) in [5, 5.41) is 21.3. The Balaban J connectivity index is 1.86. The monoisotopic (exact) mass is 460 g/mol. The lowest BCUT2D eigenvalue weighted by Crippen LogP contribution is -2.51. The molecule has 3 rings (SSSR count). The molecule has 8 nitrogen and oxygen atoms in total. The second kappa shape index (κ2) is 10.3. The lowest BCUT2D eigenvalue weighted by Gasteiger charge is -2.24. The highest BCUT2D eigenvalue weighted by atomic mass is 16.4. The molecule has 0 heterocycles. The number of hydrogen-bond acceptors (Lipinski definition) is 5. The van der Waals surface area contributed by atoms with Crippen molar-refractivity contribution in [3.05, 3.63) is 82.9 Å². The van der Waals surface area contributed by atoms with Gasteiger partial charge in [0.2, 0.25) is 0 Å². The fourth-order valence-corrected chi connectivity index (χ4v) is 3.74. The fraction of sp³-hybridized carbons (Fsp3) is 0.231. The lowest BCUT2D eigenvalue weighted by molar-refractivity contribution is -0.148. The SMILES string of the molecule is CCCCC(=O)C(N)(C(=O)O)c1ccc2c(C(=O)NCc3ccc(C(=N)N)cc3)cccc2c1. The van der Waals surface area contributed by atoms with Crippen molar-refractivity contribution < 1.29 is 19.5 Å². The number of rotatable bonds is 10. The molecule has 7 N–H and O–H groups in total. The number of benzene rings is 3. The largest absolute Gasteiger partial charge is 0.479 e. The number of amidine groups is 1. The van der Waals surface area contributed by atoms with E-state index < -0.39 is 17.3 Å². The third kappa shape index (κ3) is 4.97. The number of nitrogens with two attached hydrogens (primary N) is 2. The standard InChI is InChI=1S/C26H28N4O4/c1-2-3-7-22(31)26(29,25(33)34)19-12-13-20-18(14-19)5-4-6-21(20)24(32)30-15-16-8-10-17(11-9-16)23(27)28/h4-6,8-14H,2-3,7,15,29H2,1H3,(H3,27,28)(H,30,32)(H,33,34). The molecular weight excluding hydrogens is 432 g/mol. The summed E-state index contributed by atoms with van der Waals surface area (Å²) in [5.74, 6) is -2.28. The molecular formula is C26H28N4O4. The smallest absolute Gasteiger partial charge is 0.336 e. The molecule has 0 aromatic heterocycles. The van der Waals surface area contributed by atoms with Gasteiger partial charge in [-0.3, -0.25) is 15.0 Å². The van der Waals surface area contributed by atoms with E-state index in [2.05, 4.69) is 5.32 Å². The fourth-order valence-electron chi connectivity index (χ4n) is 3.74. The van der Waals surface area contributed by atoms with E-state index >= 15 is 0 Å². The predicted molar refractivity (Wildman–Crippen MR) is 131 cm³/mol. The zero-order valence-electron chi connectivity index (χ0n) is 18.9. The number of nitrogen functional groups attached to an aromatic ring is 1. The van der Waals surface area contributed by atoms with Crippen LogP contribution in [0.3, 0.4) is 0 Å². The van der Waals surface area contributed by atoms with E-state index in [-0.39, 0.29) is 30.3 Å². The molecule has 0 aliphatic rings. The van der Waals surface area contributed by atoms with Gasteiger partial charge in [0.05, 0.1) is 0 Å². The molecule has 0 fully saturated rings. The van der Waals surface area contributed by atoms with Crippen molar-refractivity contribution >= 4 is 34.3 Å². The molecule has 0 bridgehead atoms. The molecule has 1 atom stereocenters. The van der Waals surface area contributed by atoms with Crippen LogP contribution < -0.4 is 16.8 Å². The topological polar surface area (TPSA) is 159 Å². The summed E-state index contributed by atoms with van der Waals surface area (Å²) in [6, 6.07) is 16.8. The molecule has 0 aliphatic carbocycles. The molecule has 0 radical (unpaired) electrons. The Bertz CT molecular complexity index is 1250. The number of ketones is 1. The minimum atomic E-state index is -2.15. The van der Waals surface area contributed by atoms with E-state index in [9.17, 15) is 19.5 Å². The summed E-state index contributed by atoms with van der Waals surface area (Å²) < 4.78 is 0. The van der Waals surface area contributed by atoms with E-state index in [0.717, 1.165) is 12.0 Å². The Morgan fingerprint density at radius 3 is 2.38 bits per heavy atom. The first-order valence-corrected chi connectivity index (χ1v) is 11.0. The molecule has 1 amide bonds. The number of aliphatic carboxylic acids is 1. The van der Waals surface area contributed by atoms with Crippen LogP contribution in [0.4, 0.5) is 0 Å². The number of hydrogen-bond donors (Lipinski definition) is 5. The Hall–Kier alpha value is -4.04. The molecule has 1 unspecified atom stereocenters. The number of nitrogens with one attached hydrogen (secondary N) is 2. The van der Waals surface area contributed by atoms with Gasteiger partial charge in [-0.25, -0.2) is 4.79 Å². The lowest BCUT2D eigenvalue weighted by atomic mass is 9.83. The highest BCUT2D eigenvalue weighted by molar-refractivity contribution is 6.10. The Morgan fingerprint density at radius 2 is 1.76 bits per heavy atom. The molecule has 0 saturated heterocycles. The zero-order valence-corrected chi connectivity index (χ0v) is 18.9. The van der Waals surface area contributed by atoms with Crippen molar-refractivity contribution in [2.75, 3.05) is 0 Å². The highest BCUT2D eigenvalue weighted by Crippen LogP contribution is 2.28. The average Bonchev–Trinajstić information content (AvgIpc) is 2.84. The van der Waals surface area contributed by atoms with Crippen molar-refractivity contribution in [2.45, 2.75) is 38.3 Å². The number of unbranched alkanes of at least 4 members (excludes halogenated alkanes) is 1. The molecule has 0 aliphatic heterocycles. The third-order valence-electron chi connectivity index (χ3n) is 5.83. The Kier molecular flexibility index (Phi) is 7.43. The molecule has 3 aromatic rings. The first-order chi connectivity index (χ1) is 16.2. The quantitative estimate of drug-likeness (QED) is 0.178. The van der Waals surface area contributed by atoms with Crippen LogP contribution in [0.15, 0.2) is 60.7 Å². The van der Waals surface area contributed by atoms with E-state index in [0.29, 0.717) is 28.3 Å². The number of carboxylic acid groups (broad SMARTS) is 1. The van der Waals surface area contributed by atoms with Gasteiger partial charge in [0.25, 0.3) is 5.91 Å². The van der Waals surface area contributed by atoms with Crippen molar-refractivity contribution in [1.82, 2.24) is 5.32 Å². The van der Waals surface area contributed by atoms with Gasteiger partial charge in [-0.1, -0.05) is 61.9 Å². The van der Waals surface area contributed by atoms with Crippen LogP contribution in [0.1, 0.15) is 53.2 Å². The van der Waals surface area contributed by atoms with Crippen LogP contribution in [0.5, 0.6) is 0 Å². The van der Waals surface area contributed by atoms with Crippen LogP contribution in [0.2, 0.25) is 0 Å². The normalized spacial score (nSPS) is 12.6. The number of Topliss-reactive ketones (excluding diaryl/α,β-unsaturated/α-hetero) is 1. The molecule has 0 saturated carbocycles. The van der Waals surface area contributed by atoms with Gasteiger partial charge in [0, 0.05) is 24.1 Å². The zero-order chi connectivity index (χ0) is 24.9. The first kappa shape index (κ1) is 24.6. The summed E-state index contributed by atoms with van der Waals surface area (Å²) >= 11 is 0. The molecule has 0 spiro atoms. The highest BCUT2D eigenvalue weighted by Gasteiger charge is 2.43. The van der Waals surface area contributed by atoms with Crippen LogP contribution >= 0.6 is 0 Å². The summed E-state index contributed by atoms with van der Waals surface area (Å²) in [7, 11) is 0. The van der Waals surface area contributed by atoms with Crippen LogP contribution in [-0.2, 0) is 21.7 Å². The summed E-state index contributed by atoms with van der Waals surface area (Å²) in [6.45, 7) is 2.19. The number of carbonyl (C=O) groups is 3. The third-order valence-corrected chi connectivity index (χ3v) is 5.83. The van der Waals surface area contributed by atoms with Crippen LogP contribution in [-0.4, -0.2) is 28.6 Å². The second-order valence-corrected chi connectivity index (χ2v) is 8.17. The first-order valence-electron chi connectivity index (χ1n) is 11.0. The number of carbonyl (C=O) groups excluding carboxylic acids is 2. The van der Waals surface area contributed by atoms with Gasteiger partial charge in [-0.2, -0.15) is 0 Å². The van der Waals surface area contributed by atoms with E-state index in [1.165, 1.54) is 6.07 Å². The van der Waals surface area contributed by atoms with Gasteiger partial charge >= 0.3 is 5.97 Å². The maximum atomic E-state index is 12.9. The van der Waals surface area contributed by atoms with E-state index in [1.807, 2.05) is 6.92 Å². The molecule has 34 heavy (non-hydrogen) atoms. The second-order valence-electron chi connectivity index (χ2n) is 8.17. The van der Waals surface area contributed by atoms with Crippen molar-refractivity contribution in [3.63, 3.8) is 0 Å². The minimum absolute atomic E-state index is 0.0258. The minimum Gasteiger partial charge on any atom is -0.479 e. The van der Waals surface area contributed by atoms with Gasteiger partial charge < -0.3 is 21.9 Å². The number of amides is 1. The summed E-state index contributed by atoms with van der Waals surface area (Å²) in [5.41, 5.74) is 11.5. The summed E-state index contributed by atoms with van der Waals surface area (Å²) in [4.78, 5) is 37.5. The van der Waals surface area contributed by atoms with Gasteiger partial charge in [-0.05, 0) is 40.5 Å². The van der Waals surface area contributed by atoms with Crippen molar-refractivity contribution in [1.29, 1.82) is 5.41 Å². The van der Waals surface area contributed by atoms with Gasteiger partial charge in [0.1, 0.15) is 5.84 Å². The Labute approximate surface area is 197 Å². The maximum absolute atomic E-state index is 12.9. The van der Waals surface area contributed by atoms with E-state index in [1.54, 1.807) is 54.6 Å².